The Hall–Kier alpha value is -1.20. The van der Waals surface area contributed by atoms with Crippen LogP contribution < -0.4 is 10.5 Å². The van der Waals surface area contributed by atoms with Crippen LogP contribution >= 0.6 is 0 Å². The summed E-state index contributed by atoms with van der Waals surface area (Å²) in [5, 5.41) is 8.87. The monoisotopic (exact) mass is 215 g/mol. The Bertz CT molecular complexity index is 395. The molecule has 5 heteroatoms. The summed E-state index contributed by atoms with van der Waals surface area (Å²) in [5.41, 5.74) is 5.93. The number of ether oxygens (including phenoxy) is 1. The van der Waals surface area contributed by atoms with E-state index in [1.807, 2.05) is 0 Å². The Balaban J connectivity index is 2.59. The summed E-state index contributed by atoms with van der Waals surface area (Å²) in [6.07, 6.45) is 0.409. The van der Waals surface area contributed by atoms with Crippen molar-refractivity contribution in [3.63, 3.8) is 0 Å². The van der Waals surface area contributed by atoms with Gasteiger partial charge in [0.05, 0.1) is 19.3 Å². The fourth-order valence-electron chi connectivity index (χ4n) is 1.75. The molecule has 1 heterocycles. The zero-order chi connectivity index (χ0) is 11.0. The van der Waals surface area contributed by atoms with Crippen LogP contribution in [0.3, 0.4) is 0 Å². The van der Waals surface area contributed by atoms with E-state index >= 15 is 0 Å². The number of fused-ring (bicyclic) bond motifs is 1. The summed E-state index contributed by atoms with van der Waals surface area (Å²) in [6, 6.07) is -0.0873. The molecule has 1 unspecified atom stereocenters. The highest BCUT2D eigenvalue weighted by Crippen LogP contribution is 2.36. The molecule has 0 amide bonds. The van der Waals surface area contributed by atoms with Gasteiger partial charge in [-0.25, -0.2) is 8.78 Å². The van der Waals surface area contributed by atoms with Gasteiger partial charge in [-0.1, -0.05) is 0 Å². The summed E-state index contributed by atoms with van der Waals surface area (Å²) >= 11 is 0. The van der Waals surface area contributed by atoms with Gasteiger partial charge >= 0.3 is 0 Å². The van der Waals surface area contributed by atoms with Crippen molar-refractivity contribution < 1.29 is 18.6 Å². The van der Waals surface area contributed by atoms with Crippen LogP contribution in [0.1, 0.15) is 17.2 Å². The lowest BCUT2D eigenvalue weighted by Gasteiger charge is -2.14. The molecule has 0 saturated carbocycles. The third-order valence-electron chi connectivity index (χ3n) is 2.48. The smallest absolute Gasteiger partial charge is 0.134 e. The highest BCUT2D eigenvalue weighted by atomic mass is 19.1. The maximum Gasteiger partial charge on any atom is 0.134 e. The van der Waals surface area contributed by atoms with E-state index in [1.165, 1.54) is 0 Å². The fourth-order valence-corrected chi connectivity index (χ4v) is 1.75. The minimum Gasteiger partial charge on any atom is -0.492 e. The molecule has 0 bridgehead atoms. The molecule has 1 atom stereocenters. The molecule has 3 nitrogen and oxygen atoms in total. The predicted molar refractivity (Wildman–Crippen MR) is 49.6 cm³/mol. The highest BCUT2D eigenvalue weighted by Gasteiger charge is 2.27. The molecule has 82 valence electrons. The van der Waals surface area contributed by atoms with Gasteiger partial charge in [0.1, 0.15) is 17.4 Å². The largest absolute Gasteiger partial charge is 0.492 e. The van der Waals surface area contributed by atoms with Crippen molar-refractivity contribution in [2.24, 2.45) is 5.73 Å². The van der Waals surface area contributed by atoms with Crippen molar-refractivity contribution in [2.45, 2.75) is 12.5 Å². The summed E-state index contributed by atoms with van der Waals surface area (Å²) < 4.78 is 31.9. The quantitative estimate of drug-likeness (QED) is 0.770. The number of halogens is 2. The topological polar surface area (TPSA) is 55.5 Å². The SMILES string of the molecule is NC(CO)c1c(F)cc(F)c2c1OCC2. The maximum absolute atomic E-state index is 13.4. The van der Waals surface area contributed by atoms with Gasteiger partial charge in [0.25, 0.3) is 0 Å². The summed E-state index contributed by atoms with van der Waals surface area (Å²) in [5.74, 6) is -1.22. The molecule has 0 saturated heterocycles. The number of rotatable bonds is 2. The van der Waals surface area contributed by atoms with Crippen LogP contribution in [0.4, 0.5) is 8.78 Å². The van der Waals surface area contributed by atoms with Crippen LogP contribution in [0, 0.1) is 11.6 Å². The van der Waals surface area contributed by atoms with E-state index in [9.17, 15) is 8.78 Å². The Morgan fingerprint density at radius 2 is 2.20 bits per heavy atom. The van der Waals surface area contributed by atoms with Gasteiger partial charge in [0.2, 0.25) is 0 Å². The first kappa shape index (κ1) is 10.3. The van der Waals surface area contributed by atoms with Gasteiger partial charge in [-0.05, 0) is 0 Å². The number of aliphatic hydroxyl groups excluding tert-OH is 1. The molecule has 2 rings (SSSR count). The van der Waals surface area contributed by atoms with Crippen molar-refractivity contribution in [3.05, 3.63) is 28.8 Å². The Kier molecular flexibility index (Phi) is 2.58. The lowest BCUT2D eigenvalue weighted by molar-refractivity contribution is 0.260. The highest BCUT2D eigenvalue weighted by molar-refractivity contribution is 5.47. The summed E-state index contributed by atoms with van der Waals surface area (Å²) in [7, 11) is 0. The van der Waals surface area contributed by atoms with Gasteiger partial charge in [0.15, 0.2) is 0 Å². The van der Waals surface area contributed by atoms with Crippen LogP contribution in [-0.2, 0) is 6.42 Å². The van der Waals surface area contributed by atoms with Gasteiger partial charge < -0.3 is 15.6 Å². The second kappa shape index (κ2) is 3.75. The zero-order valence-corrected chi connectivity index (χ0v) is 7.96. The molecule has 1 aliphatic heterocycles. The fraction of sp³-hybridized carbons (Fsp3) is 0.400. The summed E-state index contributed by atoms with van der Waals surface area (Å²) in [6.45, 7) is -0.0841. The molecule has 0 aliphatic carbocycles. The molecule has 1 aromatic carbocycles. The van der Waals surface area contributed by atoms with Gasteiger partial charge in [-0.2, -0.15) is 0 Å². The minimum absolute atomic E-state index is 0.0615. The van der Waals surface area contributed by atoms with E-state index in [2.05, 4.69) is 0 Å². The first-order valence-corrected chi connectivity index (χ1v) is 4.65. The van der Waals surface area contributed by atoms with Crippen LogP contribution in [0.5, 0.6) is 5.75 Å². The second-order valence-electron chi connectivity index (χ2n) is 3.45. The number of hydrogen-bond donors (Lipinski definition) is 2. The molecule has 0 aromatic heterocycles. The standard InChI is InChI=1S/C10H11F2NO2/c11-6-3-7(12)9(8(13)4-14)10-5(6)1-2-15-10/h3,8,14H,1-2,4,13H2. The first-order chi connectivity index (χ1) is 7.15. The Morgan fingerprint density at radius 3 is 2.87 bits per heavy atom. The third kappa shape index (κ3) is 1.57. The lowest BCUT2D eigenvalue weighted by atomic mass is 10.0. The zero-order valence-electron chi connectivity index (χ0n) is 7.96. The molecule has 0 fully saturated rings. The molecule has 1 aromatic rings. The van der Waals surface area contributed by atoms with E-state index in [0.29, 0.717) is 18.6 Å². The molecule has 15 heavy (non-hydrogen) atoms. The number of nitrogens with two attached hydrogens (primary N) is 1. The van der Waals surface area contributed by atoms with Crippen molar-refractivity contribution in [1.29, 1.82) is 0 Å². The van der Waals surface area contributed by atoms with E-state index in [-0.39, 0.29) is 11.3 Å². The van der Waals surface area contributed by atoms with E-state index < -0.39 is 24.3 Å². The van der Waals surface area contributed by atoms with Crippen molar-refractivity contribution in [2.75, 3.05) is 13.2 Å². The number of benzene rings is 1. The van der Waals surface area contributed by atoms with Crippen molar-refractivity contribution in [1.82, 2.24) is 0 Å². The predicted octanol–water partition coefficient (Wildman–Crippen LogP) is 0.892. The second-order valence-corrected chi connectivity index (χ2v) is 3.45. The number of aliphatic hydroxyl groups is 1. The maximum atomic E-state index is 13.4. The van der Waals surface area contributed by atoms with Gasteiger partial charge in [0, 0.05) is 23.6 Å². The average molecular weight is 215 g/mol. The van der Waals surface area contributed by atoms with Gasteiger partial charge in [-0.3, -0.25) is 0 Å². The van der Waals surface area contributed by atoms with Crippen molar-refractivity contribution in [3.8, 4) is 5.75 Å². The normalized spacial score (nSPS) is 16.0. The van der Waals surface area contributed by atoms with E-state index in [1.54, 1.807) is 0 Å². The molecule has 3 N–H and O–H groups in total. The molecule has 0 spiro atoms. The third-order valence-corrected chi connectivity index (χ3v) is 2.48. The molecular formula is C10H11F2NO2. The first-order valence-electron chi connectivity index (χ1n) is 4.65. The van der Waals surface area contributed by atoms with Crippen LogP contribution in [-0.4, -0.2) is 18.3 Å². The van der Waals surface area contributed by atoms with E-state index in [0.717, 1.165) is 6.07 Å². The molecule has 0 radical (unpaired) electrons. The van der Waals surface area contributed by atoms with Crippen molar-refractivity contribution >= 4 is 0 Å². The summed E-state index contributed by atoms with van der Waals surface area (Å²) in [4.78, 5) is 0. The lowest BCUT2D eigenvalue weighted by Crippen LogP contribution is -2.17. The Labute approximate surface area is 85.5 Å². The van der Waals surface area contributed by atoms with Crippen LogP contribution in [0.2, 0.25) is 0 Å². The van der Waals surface area contributed by atoms with Crippen LogP contribution in [0.25, 0.3) is 0 Å². The van der Waals surface area contributed by atoms with E-state index in [4.69, 9.17) is 15.6 Å². The average Bonchev–Trinajstić information content (AvgIpc) is 2.66. The molecular weight excluding hydrogens is 204 g/mol. The van der Waals surface area contributed by atoms with Crippen LogP contribution in [0.15, 0.2) is 6.07 Å². The molecule has 1 aliphatic rings. The number of hydrogen-bond acceptors (Lipinski definition) is 3. The Morgan fingerprint density at radius 1 is 1.47 bits per heavy atom. The van der Waals surface area contributed by atoms with Gasteiger partial charge in [-0.15, -0.1) is 0 Å². The minimum atomic E-state index is -0.877.